The summed E-state index contributed by atoms with van der Waals surface area (Å²) in [7, 11) is -2.07. The van der Waals surface area contributed by atoms with E-state index in [1.165, 1.54) is 19.2 Å². The van der Waals surface area contributed by atoms with E-state index in [9.17, 15) is 13.2 Å². The van der Waals surface area contributed by atoms with Crippen molar-refractivity contribution < 1.29 is 22.5 Å². The monoisotopic (exact) mass is 431 g/mol. The van der Waals surface area contributed by atoms with Crippen LogP contribution in [0.15, 0.2) is 45.8 Å². The van der Waals surface area contributed by atoms with Crippen LogP contribution in [-0.4, -0.2) is 39.7 Å². The zero-order chi connectivity index (χ0) is 21.7. The van der Waals surface area contributed by atoms with Crippen LogP contribution >= 0.6 is 0 Å². The Labute approximate surface area is 175 Å². The number of nitrogens with zero attached hydrogens (tertiary/aromatic N) is 1. The van der Waals surface area contributed by atoms with Gasteiger partial charge in [-0.2, -0.15) is 0 Å². The summed E-state index contributed by atoms with van der Waals surface area (Å²) in [6.45, 7) is 4.72. The normalized spacial score (nSPS) is 11.7. The van der Waals surface area contributed by atoms with Gasteiger partial charge in [0.25, 0.3) is 0 Å². The molecule has 0 radical (unpaired) electrons. The maximum atomic E-state index is 12.4. The molecule has 0 aliphatic heterocycles. The molecule has 0 aliphatic rings. The number of nitrogens with one attached hydrogen (secondary N) is 2. The van der Waals surface area contributed by atoms with E-state index in [4.69, 9.17) is 9.26 Å². The SMILES string of the molecule is COCCNS(=O)(=O)c1ccc(CNC(=O)Cc2noc3cc(C)cc(C)c23)cc1. The molecule has 3 aromatic rings. The van der Waals surface area contributed by atoms with Crippen LogP contribution in [0.25, 0.3) is 11.0 Å². The smallest absolute Gasteiger partial charge is 0.240 e. The molecule has 2 N–H and O–H groups in total. The van der Waals surface area contributed by atoms with Crippen molar-refractivity contribution in [3.8, 4) is 0 Å². The Balaban J connectivity index is 1.59. The second kappa shape index (κ2) is 9.38. The van der Waals surface area contributed by atoms with Crippen LogP contribution < -0.4 is 10.0 Å². The Hall–Kier alpha value is -2.75. The van der Waals surface area contributed by atoms with Crippen LogP contribution in [0.2, 0.25) is 0 Å². The molecule has 3 rings (SSSR count). The second-order valence-corrected chi connectivity index (χ2v) is 8.84. The summed E-state index contributed by atoms with van der Waals surface area (Å²) < 4.78 is 37.0. The molecule has 160 valence electrons. The summed E-state index contributed by atoms with van der Waals surface area (Å²) in [5.74, 6) is -0.192. The quantitative estimate of drug-likeness (QED) is 0.503. The molecule has 1 heterocycles. The number of rotatable bonds is 9. The standard InChI is InChI=1S/C21H25N3O5S/c1-14-10-15(2)21-18(24-29-19(21)11-14)12-20(25)22-13-16-4-6-17(7-5-16)30(26,27)23-8-9-28-3/h4-7,10-11,23H,8-9,12-13H2,1-3H3,(H,22,25). The molecule has 0 saturated carbocycles. The number of carbonyl (C=O) groups is 1. The van der Waals surface area contributed by atoms with Crippen molar-refractivity contribution in [2.45, 2.75) is 31.7 Å². The first kappa shape index (κ1) is 21.9. The molecular formula is C21H25N3O5S. The predicted molar refractivity (Wildman–Crippen MR) is 113 cm³/mol. The van der Waals surface area contributed by atoms with Crippen LogP contribution in [0.1, 0.15) is 22.4 Å². The van der Waals surface area contributed by atoms with Crippen molar-refractivity contribution in [1.29, 1.82) is 0 Å². The lowest BCUT2D eigenvalue weighted by Crippen LogP contribution is -2.27. The minimum Gasteiger partial charge on any atom is -0.383 e. The summed E-state index contributed by atoms with van der Waals surface area (Å²) >= 11 is 0. The van der Waals surface area contributed by atoms with E-state index in [0.717, 1.165) is 22.1 Å². The fourth-order valence-corrected chi connectivity index (χ4v) is 4.22. The van der Waals surface area contributed by atoms with Gasteiger partial charge in [-0.1, -0.05) is 23.4 Å². The highest BCUT2D eigenvalue weighted by Gasteiger charge is 2.16. The Morgan fingerprint density at radius 2 is 1.90 bits per heavy atom. The molecule has 1 amide bonds. The predicted octanol–water partition coefficient (Wildman–Crippen LogP) is 2.23. The van der Waals surface area contributed by atoms with E-state index in [2.05, 4.69) is 15.2 Å². The van der Waals surface area contributed by atoms with E-state index in [-0.39, 0.29) is 30.3 Å². The molecule has 0 spiro atoms. The third-order valence-electron chi connectivity index (χ3n) is 4.64. The second-order valence-electron chi connectivity index (χ2n) is 7.07. The summed E-state index contributed by atoms with van der Waals surface area (Å²) in [5, 5.41) is 7.74. The van der Waals surface area contributed by atoms with Gasteiger partial charge in [0.2, 0.25) is 15.9 Å². The summed E-state index contributed by atoms with van der Waals surface area (Å²) in [4.78, 5) is 12.5. The van der Waals surface area contributed by atoms with E-state index in [1.54, 1.807) is 12.1 Å². The number of aryl methyl sites for hydroxylation is 2. The number of hydrogen-bond donors (Lipinski definition) is 2. The molecule has 0 fully saturated rings. The van der Waals surface area contributed by atoms with Crippen LogP contribution in [0, 0.1) is 13.8 Å². The van der Waals surface area contributed by atoms with Crippen molar-refractivity contribution in [3.63, 3.8) is 0 Å². The third kappa shape index (κ3) is 5.24. The molecule has 0 aliphatic carbocycles. The molecule has 2 aromatic carbocycles. The minimum atomic E-state index is -3.58. The lowest BCUT2D eigenvalue weighted by molar-refractivity contribution is -0.120. The molecule has 0 saturated heterocycles. The van der Waals surface area contributed by atoms with Gasteiger partial charge in [0.1, 0.15) is 5.69 Å². The van der Waals surface area contributed by atoms with Gasteiger partial charge in [-0.25, -0.2) is 13.1 Å². The highest BCUT2D eigenvalue weighted by atomic mass is 32.2. The number of fused-ring (bicyclic) bond motifs is 1. The highest BCUT2D eigenvalue weighted by molar-refractivity contribution is 7.89. The molecule has 9 heteroatoms. The zero-order valence-corrected chi connectivity index (χ0v) is 18.0. The third-order valence-corrected chi connectivity index (χ3v) is 6.11. The number of hydrogen-bond acceptors (Lipinski definition) is 6. The van der Waals surface area contributed by atoms with Gasteiger partial charge < -0.3 is 14.6 Å². The van der Waals surface area contributed by atoms with Crippen molar-refractivity contribution in [1.82, 2.24) is 15.2 Å². The number of carbonyl (C=O) groups excluding carboxylic acids is 1. The first-order chi connectivity index (χ1) is 14.3. The first-order valence-electron chi connectivity index (χ1n) is 9.50. The molecule has 0 bridgehead atoms. The van der Waals surface area contributed by atoms with Crippen molar-refractivity contribution in [3.05, 3.63) is 58.8 Å². The number of sulfonamides is 1. The Morgan fingerprint density at radius 1 is 1.17 bits per heavy atom. The summed E-state index contributed by atoms with van der Waals surface area (Å²) in [5.41, 5.74) is 4.15. The molecule has 0 atom stereocenters. The molecule has 30 heavy (non-hydrogen) atoms. The Morgan fingerprint density at radius 3 is 2.60 bits per heavy atom. The number of ether oxygens (including phenoxy) is 1. The maximum absolute atomic E-state index is 12.4. The number of amides is 1. The van der Waals surface area contributed by atoms with Crippen molar-refractivity contribution in [2.75, 3.05) is 20.3 Å². The van der Waals surface area contributed by atoms with E-state index in [1.807, 2.05) is 26.0 Å². The molecule has 0 unspecified atom stereocenters. The number of aromatic nitrogens is 1. The van der Waals surface area contributed by atoms with E-state index < -0.39 is 10.0 Å². The van der Waals surface area contributed by atoms with Gasteiger partial charge in [0.15, 0.2) is 5.58 Å². The average Bonchev–Trinajstić information content (AvgIpc) is 3.09. The summed E-state index contributed by atoms with van der Waals surface area (Å²) in [6.07, 6.45) is 0.104. The van der Waals surface area contributed by atoms with Crippen molar-refractivity contribution >= 4 is 26.9 Å². The van der Waals surface area contributed by atoms with Crippen LogP contribution in [0.4, 0.5) is 0 Å². The average molecular weight is 432 g/mol. The highest BCUT2D eigenvalue weighted by Crippen LogP contribution is 2.24. The van der Waals surface area contributed by atoms with Gasteiger partial charge in [0, 0.05) is 25.6 Å². The van der Waals surface area contributed by atoms with E-state index >= 15 is 0 Å². The van der Waals surface area contributed by atoms with Crippen LogP contribution in [-0.2, 0) is 32.5 Å². The van der Waals surface area contributed by atoms with Gasteiger partial charge in [-0.15, -0.1) is 0 Å². The van der Waals surface area contributed by atoms with Gasteiger partial charge >= 0.3 is 0 Å². The first-order valence-corrected chi connectivity index (χ1v) is 11.0. The lowest BCUT2D eigenvalue weighted by atomic mass is 10.0. The van der Waals surface area contributed by atoms with Crippen molar-refractivity contribution in [2.24, 2.45) is 0 Å². The topological polar surface area (TPSA) is 111 Å². The largest absolute Gasteiger partial charge is 0.383 e. The fourth-order valence-electron chi connectivity index (χ4n) is 3.20. The minimum absolute atomic E-state index is 0.104. The fraction of sp³-hybridized carbons (Fsp3) is 0.333. The number of benzene rings is 2. The Kier molecular flexibility index (Phi) is 6.86. The molecule has 1 aromatic heterocycles. The lowest BCUT2D eigenvalue weighted by Gasteiger charge is -2.08. The summed E-state index contributed by atoms with van der Waals surface area (Å²) in [6, 6.07) is 10.3. The zero-order valence-electron chi connectivity index (χ0n) is 17.2. The van der Waals surface area contributed by atoms with Gasteiger partial charge in [0.05, 0.1) is 17.9 Å². The molecular weight excluding hydrogens is 406 g/mol. The van der Waals surface area contributed by atoms with Crippen LogP contribution in [0.3, 0.4) is 0 Å². The van der Waals surface area contributed by atoms with Crippen LogP contribution in [0.5, 0.6) is 0 Å². The Bertz CT molecular complexity index is 1140. The molecule has 8 nitrogen and oxygen atoms in total. The van der Waals surface area contributed by atoms with E-state index in [0.29, 0.717) is 17.9 Å². The number of methoxy groups -OCH3 is 1. The van der Waals surface area contributed by atoms with Gasteiger partial charge in [-0.05, 0) is 48.7 Å². The maximum Gasteiger partial charge on any atom is 0.240 e. The van der Waals surface area contributed by atoms with Gasteiger partial charge in [-0.3, -0.25) is 4.79 Å².